The average Bonchev–Trinajstić information content (AvgIpc) is 2.92. The lowest BCUT2D eigenvalue weighted by atomic mass is 9.88. The summed E-state index contributed by atoms with van der Waals surface area (Å²) in [6.07, 6.45) is 4.74. The van der Waals surface area contributed by atoms with Crippen LogP contribution in [0.2, 0.25) is 0 Å². The molecule has 0 N–H and O–H groups in total. The summed E-state index contributed by atoms with van der Waals surface area (Å²) in [4.78, 5) is 24.0. The Balaban J connectivity index is 1.78. The molecular weight excluding hydrogens is 274 g/mol. The van der Waals surface area contributed by atoms with Crippen molar-refractivity contribution in [2.45, 2.75) is 19.4 Å². The van der Waals surface area contributed by atoms with Crippen LogP contribution >= 0.6 is 0 Å². The highest BCUT2D eigenvalue weighted by Crippen LogP contribution is 2.27. The van der Waals surface area contributed by atoms with Crippen LogP contribution in [-0.2, 0) is 6.54 Å². The van der Waals surface area contributed by atoms with Crippen molar-refractivity contribution in [3.05, 3.63) is 71.5 Å². The number of benzene rings is 2. The number of carbonyl (C=O) groups is 2. The lowest BCUT2D eigenvalue weighted by molar-refractivity contribution is 0.0890. The minimum absolute atomic E-state index is 0.0762. The summed E-state index contributed by atoms with van der Waals surface area (Å²) in [5, 5.41) is 2.02. The number of aromatic nitrogens is 1. The third-order valence-corrected chi connectivity index (χ3v) is 4.22. The van der Waals surface area contributed by atoms with Gasteiger partial charge in [-0.25, -0.2) is 0 Å². The molecule has 0 unspecified atom stereocenters. The zero-order valence-corrected chi connectivity index (χ0v) is 12.1. The van der Waals surface area contributed by atoms with E-state index in [1.54, 1.807) is 0 Å². The molecule has 1 aromatic heterocycles. The smallest absolute Gasteiger partial charge is 0.164 e. The zero-order chi connectivity index (χ0) is 15.1. The summed E-state index contributed by atoms with van der Waals surface area (Å²) in [5.74, 6) is 0.152. The van der Waals surface area contributed by atoms with E-state index in [0.717, 1.165) is 17.3 Å². The predicted molar refractivity (Wildman–Crippen MR) is 85.4 cm³/mol. The number of hydrogen-bond acceptors (Lipinski definition) is 2. The van der Waals surface area contributed by atoms with Crippen molar-refractivity contribution < 1.29 is 9.59 Å². The monoisotopic (exact) mass is 289 g/mol. The Morgan fingerprint density at radius 2 is 1.36 bits per heavy atom. The SMILES string of the molecule is O=C1CCC(=O)c2cc3cn(Cc4ccccc4)cc3cc21. The highest BCUT2D eigenvalue weighted by atomic mass is 16.1. The van der Waals surface area contributed by atoms with Gasteiger partial charge in [0.05, 0.1) is 0 Å². The Morgan fingerprint density at radius 1 is 0.818 bits per heavy atom. The predicted octanol–water partition coefficient (Wildman–Crippen LogP) is 3.85. The van der Waals surface area contributed by atoms with E-state index in [2.05, 4.69) is 16.7 Å². The summed E-state index contributed by atoms with van der Waals surface area (Å²) in [5.41, 5.74) is 2.39. The molecule has 3 heteroatoms. The van der Waals surface area contributed by atoms with Crippen LogP contribution < -0.4 is 0 Å². The lowest BCUT2D eigenvalue weighted by Crippen LogP contribution is -2.16. The molecule has 0 saturated carbocycles. The van der Waals surface area contributed by atoms with E-state index in [1.165, 1.54) is 5.56 Å². The van der Waals surface area contributed by atoms with Crippen LogP contribution in [0, 0.1) is 0 Å². The van der Waals surface area contributed by atoms with Crippen LogP contribution in [0.1, 0.15) is 39.1 Å². The third-order valence-electron chi connectivity index (χ3n) is 4.22. The van der Waals surface area contributed by atoms with Crippen molar-refractivity contribution in [2.24, 2.45) is 0 Å². The Kier molecular flexibility index (Phi) is 2.93. The normalized spacial score (nSPS) is 14.4. The minimum atomic E-state index is 0.0762. The van der Waals surface area contributed by atoms with Crippen LogP contribution in [0.4, 0.5) is 0 Å². The molecule has 4 rings (SSSR count). The molecule has 3 aromatic rings. The second-order valence-corrected chi connectivity index (χ2v) is 5.79. The van der Waals surface area contributed by atoms with E-state index in [1.807, 2.05) is 42.7 Å². The topological polar surface area (TPSA) is 39.1 Å². The summed E-state index contributed by atoms with van der Waals surface area (Å²) < 4.78 is 2.10. The first-order chi connectivity index (χ1) is 10.7. The van der Waals surface area contributed by atoms with Gasteiger partial charge in [0.15, 0.2) is 11.6 Å². The van der Waals surface area contributed by atoms with E-state index >= 15 is 0 Å². The van der Waals surface area contributed by atoms with Crippen molar-refractivity contribution in [1.29, 1.82) is 0 Å². The number of Topliss-reactive ketones (excluding diaryl/α,β-unsaturated/α-hetero) is 2. The van der Waals surface area contributed by atoms with Crippen molar-refractivity contribution in [3.63, 3.8) is 0 Å². The molecule has 0 aliphatic heterocycles. The van der Waals surface area contributed by atoms with Gasteiger partial charge in [-0.15, -0.1) is 0 Å². The second kappa shape index (κ2) is 4.95. The molecule has 0 fully saturated rings. The fourth-order valence-corrected chi connectivity index (χ4v) is 3.09. The molecule has 0 atom stereocenters. The Labute approximate surface area is 128 Å². The third kappa shape index (κ3) is 2.15. The molecule has 0 saturated heterocycles. The molecular formula is C19H15NO2. The average molecular weight is 289 g/mol. The van der Waals surface area contributed by atoms with Crippen LogP contribution in [-0.4, -0.2) is 16.1 Å². The van der Waals surface area contributed by atoms with Gasteiger partial charge in [0.1, 0.15) is 0 Å². The van der Waals surface area contributed by atoms with Crippen LogP contribution in [0.5, 0.6) is 0 Å². The van der Waals surface area contributed by atoms with Crippen LogP contribution in [0.15, 0.2) is 54.9 Å². The summed E-state index contributed by atoms with van der Waals surface area (Å²) in [6, 6.07) is 14.0. The molecule has 2 aromatic carbocycles. The van der Waals surface area contributed by atoms with E-state index in [9.17, 15) is 9.59 Å². The molecule has 1 aliphatic carbocycles. The van der Waals surface area contributed by atoms with Gasteiger partial charge < -0.3 is 4.57 Å². The fourth-order valence-electron chi connectivity index (χ4n) is 3.09. The van der Waals surface area contributed by atoms with Crippen LogP contribution in [0.25, 0.3) is 10.8 Å². The van der Waals surface area contributed by atoms with Gasteiger partial charge in [0.25, 0.3) is 0 Å². The van der Waals surface area contributed by atoms with E-state index in [-0.39, 0.29) is 11.6 Å². The Bertz CT molecular complexity index is 837. The lowest BCUT2D eigenvalue weighted by Gasteiger charge is -2.13. The van der Waals surface area contributed by atoms with E-state index in [4.69, 9.17) is 0 Å². The van der Waals surface area contributed by atoms with Crippen molar-refractivity contribution in [3.8, 4) is 0 Å². The maximum Gasteiger partial charge on any atom is 0.164 e. The molecule has 0 amide bonds. The first kappa shape index (κ1) is 13.0. The first-order valence-corrected chi connectivity index (χ1v) is 7.44. The highest BCUT2D eigenvalue weighted by molar-refractivity contribution is 6.16. The largest absolute Gasteiger partial charge is 0.349 e. The standard InChI is InChI=1S/C19H15NO2/c21-18-6-7-19(22)17-9-15-12-20(11-14(15)8-16(17)18)10-13-4-2-1-3-5-13/h1-5,8-9,11-12H,6-7,10H2. The van der Waals surface area contributed by atoms with E-state index in [0.29, 0.717) is 24.0 Å². The maximum atomic E-state index is 12.0. The quantitative estimate of drug-likeness (QED) is 0.719. The minimum Gasteiger partial charge on any atom is -0.349 e. The van der Waals surface area contributed by atoms with Gasteiger partial charge >= 0.3 is 0 Å². The number of rotatable bonds is 2. The molecule has 22 heavy (non-hydrogen) atoms. The molecule has 0 bridgehead atoms. The second-order valence-electron chi connectivity index (χ2n) is 5.79. The Morgan fingerprint density at radius 3 is 1.91 bits per heavy atom. The van der Waals surface area contributed by atoms with E-state index < -0.39 is 0 Å². The highest BCUT2D eigenvalue weighted by Gasteiger charge is 2.24. The van der Waals surface area contributed by atoms with Gasteiger partial charge in [-0.2, -0.15) is 0 Å². The molecule has 0 spiro atoms. The van der Waals surface area contributed by atoms with Gasteiger partial charge in [-0.3, -0.25) is 9.59 Å². The molecule has 1 aliphatic rings. The number of fused-ring (bicyclic) bond motifs is 2. The number of ketones is 2. The fraction of sp³-hybridized carbons (Fsp3) is 0.158. The summed E-state index contributed by atoms with van der Waals surface area (Å²) in [7, 11) is 0. The van der Waals surface area contributed by atoms with Crippen LogP contribution in [0.3, 0.4) is 0 Å². The van der Waals surface area contributed by atoms with Crippen molar-refractivity contribution in [1.82, 2.24) is 4.57 Å². The van der Waals surface area contributed by atoms with Crippen molar-refractivity contribution in [2.75, 3.05) is 0 Å². The molecule has 108 valence electrons. The van der Waals surface area contributed by atoms with Gasteiger partial charge in [0.2, 0.25) is 0 Å². The summed E-state index contributed by atoms with van der Waals surface area (Å²) in [6.45, 7) is 0.780. The number of carbonyl (C=O) groups excluding carboxylic acids is 2. The van der Waals surface area contributed by atoms with Gasteiger partial charge in [-0.05, 0) is 17.7 Å². The molecule has 0 radical (unpaired) electrons. The zero-order valence-electron chi connectivity index (χ0n) is 12.1. The number of hydrogen-bond donors (Lipinski definition) is 0. The maximum absolute atomic E-state index is 12.0. The summed E-state index contributed by atoms with van der Waals surface area (Å²) >= 11 is 0. The van der Waals surface area contributed by atoms with Gasteiger partial charge in [-0.1, -0.05) is 30.3 Å². The first-order valence-electron chi connectivity index (χ1n) is 7.44. The van der Waals surface area contributed by atoms with Crippen molar-refractivity contribution >= 4 is 22.3 Å². The number of nitrogens with zero attached hydrogens (tertiary/aromatic N) is 1. The molecule has 1 heterocycles. The molecule has 3 nitrogen and oxygen atoms in total. The van der Waals surface area contributed by atoms with Gasteiger partial charge in [0, 0.05) is 53.7 Å². The Hall–Kier alpha value is -2.68.